The van der Waals surface area contributed by atoms with E-state index in [1.807, 2.05) is 0 Å². The highest BCUT2D eigenvalue weighted by atomic mass is 16.1. The van der Waals surface area contributed by atoms with Crippen molar-refractivity contribution in [3.8, 4) is 0 Å². The van der Waals surface area contributed by atoms with E-state index in [2.05, 4.69) is 10.6 Å². The molecule has 0 atom stereocenters. The first-order valence-corrected chi connectivity index (χ1v) is 5.84. The zero-order valence-electron chi connectivity index (χ0n) is 8.72. The SMILES string of the molecule is O=C(CC1CCNCC1)NC1CCC1. The van der Waals surface area contributed by atoms with Crippen LogP contribution >= 0.6 is 0 Å². The second-order valence-electron chi connectivity index (χ2n) is 4.59. The van der Waals surface area contributed by atoms with Crippen LogP contribution in [0.25, 0.3) is 0 Å². The molecule has 1 aliphatic carbocycles. The highest BCUT2D eigenvalue weighted by Crippen LogP contribution is 2.20. The Balaban J connectivity index is 1.64. The monoisotopic (exact) mass is 196 g/mol. The van der Waals surface area contributed by atoms with Crippen LogP contribution in [0.3, 0.4) is 0 Å². The van der Waals surface area contributed by atoms with Crippen LogP contribution in [0.2, 0.25) is 0 Å². The Bertz CT molecular complexity index is 195. The van der Waals surface area contributed by atoms with E-state index in [9.17, 15) is 4.79 Å². The van der Waals surface area contributed by atoms with Gasteiger partial charge in [0.05, 0.1) is 0 Å². The fraction of sp³-hybridized carbons (Fsp3) is 0.909. The van der Waals surface area contributed by atoms with Crippen LogP contribution in [-0.4, -0.2) is 25.0 Å². The highest BCUT2D eigenvalue weighted by molar-refractivity contribution is 5.76. The summed E-state index contributed by atoms with van der Waals surface area (Å²) < 4.78 is 0. The van der Waals surface area contributed by atoms with E-state index in [1.54, 1.807) is 0 Å². The molecular weight excluding hydrogens is 176 g/mol. The first-order chi connectivity index (χ1) is 6.84. The number of hydrogen-bond donors (Lipinski definition) is 2. The van der Waals surface area contributed by atoms with Crippen molar-refractivity contribution in [2.45, 2.75) is 44.6 Å². The van der Waals surface area contributed by atoms with Gasteiger partial charge in [-0.15, -0.1) is 0 Å². The first kappa shape index (κ1) is 9.97. The fourth-order valence-corrected chi connectivity index (χ4v) is 2.19. The number of nitrogens with one attached hydrogen (secondary N) is 2. The molecule has 0 radical (unpaired) electrons. The minimum Gasteiger partial charge on any atom is -0.353 e. The van der Waals surface area contributed by atoms with Crippen LogP contribution in [0.4, 0.5) is 0 Å². The third-order valence-electron chi connectivity index (χ3n) is 3.40. The second kappa shape index (κ2) is 4.78. The molecule has 0 aromatic rings. The number of carbonyl (C=O) groups excluding carboxylic acids is 1. The van der Waals surface area contributed by atoms with Crippen LogP contribution in [0.1, 0.15) is 38.5 Å². The lowest BCUT2D eigenvalue weighted by Gasteiger charge is -2.28. The lowest BCUT2D eigenvalue weighted by atomic mass is 9.91. The average molecular weight is 196 g/mol. The predicted octanol–water partition coefficient (Wildman–Crippen LogP) is 1.04. The van der Waals surface area contributed by atoms with Crippen LogP contribution in [0.5, 0.6) is 0 Å². The Morgan fingerprint density at radius 2 is 1.93 bits per heavy atom. The smallest absolute Gasteiger partial charge is 0.220 e. The highest BCUT2D eigenvalue weighted by Gasteiger charge is 2.22. The maximum Gasteiger partial charge on any atom is 0.220 e. The zero-order valence-corrected chi connectivity index (χ0v) is 8.72. The van der Waals surface area contributed by atoms with Gasteiger partial charge < -0.3 is 10.6 Å². The van der Waals surface area contributed by atoms with E-state index in [1.165, 1.54) is 19.3 Å². The molecule has 80 valence electrons. The molecule has 2 rings (SSSR count). The summed E-state index contributed by atoms with van der Waals surface area (Å²) in [5, 5.41) is 6.42. The quantitative estimate of drug-likeness (QED) is 0.708. The minimum atomic E-state index is 0.279. The predicted molar refractivity (Wildman–Crippen MR) is 56.0 cm³/mol. The van der Waals surface area contributed by atoms with Crippen LogP contribution in [-0.2, 0) is 4.79 Å². The van der Waals surface area contributed by atoms with Crippen molar-refractivity contribution in [3.63, 3.8) is 0 Å². The molecule has 0 bridgehead atoms. The van der Waals surface area contributed by atoms with E-state index >= 15 is 0 Å². The summed E-state index contributed by atoms with van der Waals surface area (Å²) >= 11 is 0. The minimum absolute atomic E-state index is 0.279. The van der Waals surface area contributed by atoms with Crippen molar-refractivity contribution >= 4 is 5.91 Å². The van der Waals surface area contributed by atoms with Gasteiger partial charge in [0.15, 0.2) is 0 Å². The number of carbonyl (C=O) groups is 1. The Labute approximate surface area is 85.6 Å². The van der Waals surface area contributed by atoms with E-state index in [4.69, 9.17) is 0 Å². The number of hydrogen-bond acceptors (Lipinski definition) is 2. The molecule has 0 unspecified atom stereocenters. The first-order valence-electron chi connectivity index (χ1n) is 5.84. The van der Waals surface area contributed by atoms with Crippen molar-refractivity contribution in [2.24, 2.45) is 5.92 Å². The Kier molecular flexibility index (Phi) is 3.40. The molecule has 0 aromatic carbocycles. The normalized spacial score (nSPS) is 24.3. The van der Waals surface area contributed by atoms with Crippen molar-refractivity contribution in [2.75, 3.05) is 13.1 Å². The summed E-state index contributed by atoms with van der Waals surface area (Å²) in [5.41, 5.74) is 0. The van der Waals surface area contributed by atoms with E-state index in [-0.39, 0.29) is 5.91 Å². The molecule has 14 heavy (non-hydrogen) atoms. The molecule has 2 aliphatic rings. The molecule has 3 nitrogen and oxygen atoms in total. The molecular formula is C11H20N2O. The molecule has 1 saturated heterocycles. The van der Waals surface area contributed by atoms with Crippen molar-refractivity contribution < 1.29 is 4.79 Å². The Morgan fingerprint density at radius 3 is 2.50 bits per heavy atom. The molecule has 1 heterocycles. The maximum absolute atomic E-state index is 11.6. The van der Waals surface area contributed by atoms with Gasteiger partial charge in [-0.25, -0.2) is 0 Å². The van der Waals surface area contributed by atoms with Gasteiger partial charge in [-0.2, -0.15) is 0 Å². The topological polar surface area (TPSA) is 41.1 Å². The van der Waals surface area contributed by atoms with Gasteiger partial charge in [0.2, 0.25) is 5.91 Å². The van der Waals surface area contributed by atoms with Crippen molar-refractivity contribution in [3.05, 3.63) is 0 Å². The summed E-state index contributed by atoms with van der Waals surface area (Å²) in [6, 6.07) is 0.504. The third-order valence-corrected chi connectivity index (χ3v) is 3.40. The molecule has 1 saturated carbocycles. The van der Waals surface area contributed by atoms with Gasteiger partial charge in [0.25, 0.3) is 0 Å². The van der Waals surface area contributed by atoms with E-state index < -0.39 is 0 Å². The standard InChI is InChI=1S/C11H20N2O/c14-11(13-10-2-1-3-10)8-9-4-6-12-7-5-9/h9-10,12H,1-8H2,(H,13,14). The average Bonchev–Trinajstić information content (AvgIpc) is 2.13. The molecule has 1 amide bonds. The van der Waals surface area contributed by atoms with E-state index in [0.717, 1.165) is 32.4 Å². The van der Waals surface area contributed by atoms with Gasteiger partial charge >= 0.3 is 0 Å². The summed E-state index contributed by atoms with van der Waals surface area (Å²) in [6.45, 7) is 2.17. The van der Waals surface area contributed by atoms with Crippen LogP contribution in [0.15, 0.2) is 0 Å². The summed E-state index contributed by atoms with van der Waals surface area (Å²) in [7, 11) is 0. The van der Waals surface area contributed by atoms with Crippen LogP contribution in [0, 0.1) is 5.92 Å². The third kappa shape index (κ3) is 2.71. The number of amides is 1. The lowest BCUT2D eigenvalue weighted by molar-refractivity contribution is -0.123. The zero-order chi connectivity index (χ0) is 9.80. The molecule has 0 aromatic heterocycles. The molecule has 2 N–H and O–H groups in total. The van der Waals surface area contributed by atoms with Crippen LogP contribution < -0.4 is 10.6 Å². The van der Waals surface area contributed by atoms with Crippen molar-refractivity contribution in [1.29, 1.82) is 0 Å². The molecule has 3 heteroatoms. The van der Waals surface area contributed by atoms with Gasteiger partial charge in [0.1, 0.15) is 0 Å². The second-order valence-corrected chi connectivity index (χ2v) is 4.59. The van der Waals surface area contributed by atoms with Gasteiger partial charge in [-0.1, -0.05) is 0 Å². The maximum atomic E-state index is 11.6. The molecule has 0 spiro atoms. The summed E-state index contributed by atoms with van der Waals surface area (Å²) in [4.78, 5) is 11.6. The van der Waals surface area contributed by atoms with Gasteiger partial charge in [-0.05, 0) is 51.1 Å². The van der Waals surface area contributed by atoms with Crippen molar-refractivity contribution in [1.82, 2.24) is 10.6 Å². The molecule has 1 aliphatic heterocycles. The lowest BCUT2D eigenvalue weighted by Crippen LogP contribution is -2.41. The van der Waals surface area contributed by atoms with Gasteiger partial charge in [0, 0.05) is 12.5 Å². The van der Waals surface area contributed by atoms with E-state index in [0.29, 0.717) is 12.0 Å². The largest absolute Gasteiger partial charge is 0.353 e. The number of rotatable bonds is 3. The Hall–Kier alpha value is -0.570. The summed E-state index contributed by atoms with van der Waals surface area (Å²) in [6.07, 6.45) is 6.75. The summed E-state index contributed by atoms with van der Waals surface area (Å²) in [5.74, 6) is 0.901. The Morgan fingerprint density at radius 1 is 1.21 bits per heavy atom. The molecule has 2 fully saturated rings. The van der Waals surface area contributed by atoms with Gasteiger partial charge in [-0.3, -0.25) is 4.79 Å². The number of piperidine rings is 1. The fourth-order valence-electron chi connectivity index (χ4n) is 2.19.